The first-order valence-electron chi connectivity index (χ1n) is 3.41. The van der Waals surface area contributed by atoms with Crippen molar-refractivity contribution in [3.63, 3.8) is 0 Å². The molecule has 1 heterocycles. The first-order valence-corrected chi connectivity index (χ1v) is 4.21. The lowest BCUT2D eigenvalue weighted by atomic mass is 10.1. The summed E-state index contributed by atoms with van der Waals surface area (Å²) in [4.78, 5) is 0. The first-order chi connectivity index (χ1) is 4.34. The Hall–Kier alpha value is 0.180. The minimum Gasteiger partial charge on any atom is -0.312 e. The van der Waals surface area contributed by atoms with Crippen LogP contribution in [0.15, 0.2) is 10.1 Å². The van der Waals surface area contributed by atoms with Crippen LogP contribution in [0.2, 0.25) is 0 Å². The summed E-state index contributed by atoms with van der Waals surface area (Å²) < 4.78 is 1.37. The van der Waals surface area contributed by atoms with Gasteiger partial charge in [0, 0.05) is 11.0 Å². The number of halogens is 1. The second-order valence-corrected chi connectivity index (χ2v) is 3.25. The Kier molecular flexibility index (Phi) is 2.73. The van der Waals surface area contributed by atoms with Gasteiger partial charge in [0.25, 0.3) is 0 Å². The quantitative estimate of drug-likeness (QED) is 0.667. The fourth-order valence-electron chi connectivity index (χ4n) is 1.07. The molecular weight excluding hydrogens is 178 g/mol. The molecule has 0 spiro atoms. The molecule has 0 bridgehead atoms. The van der Waals surface area contributed by atoms with Crippen molar-refractivity contribution >= 4 is 15.9 Å². The molecule has 0 atom stereocenters. The lowest BCUT2D eigenvalue weighted by molar-refractivity contribution is 0.683. The van der Waals surface area contributed by atoms with Crippen molar-refractivity contribution < 1.29 is 0 Å². The van der Waals surface area contributed by atoms with Gasteiger partial charge in [-0.15, -0.1) is 0 Å². The average Bonchev–Trinajstić information content (AvgIpc) is 1.89. The van der Waals surface area contributed by atoms with E-state index < -0.39 is 0 Å². The third-order valence-corrected chi connectivity index (χ3v) is 2.54. The number of rotatable bonds is 1. The molecule has 52 valence electrons. The Balaban J connectivity index is 2.59. The molecule has 1 nitrogen and oxygen atoms in total. The highest BCUT2D eigenvalue weighted by Crippen LogP contribution is 2.19. The van der Waals surface area contributed by atoms with E-state index >= 15 is 0 Å². The molecule has 0 fully saturated rings. The Labute approximate surface area is 64.7 Å². The second-order valence-electron chi connectivity index (χ2n) is 2.29. The first kappa shape index (κ1) is 7.29. The summed E-state index contributed by atoms with van der Waals surface area (Å²) in [6, 6.07) is 0. The molecule has 0 aliphatic carbocycles. The third-order valence-electron chi connectivity index (χ3n) is 1.69. The Morgan fingerprint density at radius 3 is 2.89 bits per heavy atom. The summed E-state index contributed by atoms with van der Waals surface area (Å²) in [6.07, 6.45) is 2.42. The molecule has 1 N–H and O–H groups in total. The highest BCUT2D eigenvalue weighted by atomic mass is 79.9. The van der Waals surface area contributed by atoms with Gasteiger partial charge in [0.15, 0.2) is 0 Å². The molecule has 0 radical (unpaired) electrons. The average molecular weight is 190 g/mol. The van der Waals surface area contributed by atoms with Gasteiger partial charge in [-0.25, -0.2) is 0 Å². The predicted octanol–water partition coefficient (Wildman–Crippen LogP) is 2.04. The smallest absolute Gasteiger partial charge is 0.0271 e. The van der Waals surface area contributed by atoms with Crippen LogP contribution in [0.5, 0.6) is 0 Å². The molecule has 1 rings (SSSR count). The molecular formula is C7H12BrN. The molecule has 0 aromatic carbocycles. The van der Waals surface area contributed by atoms with Gasteiger partial charge < -0.3 is 5.32 Å². The van der Waals surface area contributed by atoms with Crippen LogP contribution in [-0.4, -0.2) is 13.1 Å². The lowest BCUT2D eigenvalue weighted by Crippen LogP contribution is -2.22. The van der Waals surface area contributed by atoms with Crippen molar-refractivity contribution in [2.45, 2.75) is 19.8 Å². The van der Waals surface area contributed by atoms with Crippen LogP contribution < -0.4 is 5.32 Å². The maximum absolute atomic E-state index is 3.53. The fourth-order valence-corrected chi connectivity index (χ4v) is 1.74. The zero-order valence-corrected chi connectivity index (χ0v) is 7.29. The Bertz CT molecular complexity index is 129. The molecule has 0 unspecified atom stereocenters. The minimum atomic E-state index is 1.03. The Morgan fingerprint density at radius 1 is 1.67 bits per heavy atom. The molecule has 9 heavy (non-hydrogen) atoms. The van der Waals surface area contributed by atoms with Gasteiger partial charge in [0.05, 0.1) is 0 Å². The molecule has 0 saturated heterocycles. The zero-order chi connectivity index (χ0) is 6.69. The summed E-state index contributed by atoms with van der Waals surface area (Å²) >= 11 is 3.53. The maximum Gasteiger partial charge on any atom is 0.0271 e. The number of hydrogen-bond donors (Lipinski definition) is 1. The highest BCUT2D eigenvalue weighted by molar-refractivity contribution is 9.11. The van der Waals surface area contributed by atoms with Crippen molar-refractivity contribution in [1.29, 1.82) is 0 Å². The summed E-state index contributed by atoms with van der Waals surface area (Å²) in [5.74, 6) is 0. The standard InChI is InChI=1S/C7H12BrN/c1-2-6-3-4-9-5-7(6)8/h9H,2-5H2,1H3. The normalized spacial score (nSPS) is 20.7. The van der Waals surface area contributed by atoms with Gasteiger partial charge >= 0.3 is 0 Å². The minimum absolute atomic E-state index is 1.03. The third kappa shape index (κ3) is 1.80. The molecule has 0 aromatic heterocycles. The van der Waals surface area contributed by atoms with Crippen LogP contribution in [0.3, 0.4) is 0 Å². The van der Waals surface area contributed by atoms with E-state index in [0.29, 0.717) is 0 Å². The maximum atomic E-state index is 3.53. The molecule has 1 aliphatic heterocycles. The van der Waals surface area contributed by atoms with Crippen molar-refractivity contribution in [2.24, 2.45) is 0 Å². The van der Waals surface area contributed by atoms with E-state index in [0.717, 1.165) is 13.1 Å². The highest BCUT2D eigenvalue weighted by Gasteiger charge is 2.06. The van der Waals surface area contributed by atoms with E-state index in [1.807, 2.05) is 0 Å². The fraction of sp³-hybridized carbons (Fsp3) is 0.714. The van der Waals surface area contributed by atoms with Gasteiger partial charge in [-0.1, -0.05) is 28.4 Å². The van der Waals surface area contributed by atoms with Gasteiger partial charge in [0.1, 0.15) is 0 Å². The van der Waals surface area contributed by atoms with Crippen LogP contribution in [-0.2, 0) is 0 Å². The second kappa shape index (κ2) is 3.37. The van der Waals surface area contributed by atoms with Crippen LogP contribution in [0, 0.1) is 0 Å². The summed E-state index contributed by atoms with van der Waals surface area (Å²) in [7, 11) is 0. The molecule has 0 amide bonds. The van der Waals surface area contributed by atoms with E-state index in [2.05, 4.69) is 28.2 Å². The van der Waals surface area contributed by atoms with E-state index in [-0.39, 0.29) is 0 Å². The summed E-state index contributed by atoms with van der Waals surface area (Å²) in [5.41, 5.74) is 1.58. The zero-order valence-electron chi connectivity index (χ0n) is 5.71. The van der Waals surface area contributed by atoms with Crippen LogP contribution >= 0.6 is 15.9 Å². The molecule has 0 aromatic rings. The SMILES string of the molecule is CCC1=C(Br)CNCC1. The van der Waals surface area contributed by atoms with Crippen molar-refractivity contribution in [2.75, 3.05) is 13.1 Å². The molecule has 0 saturated carbocycles. The molecule has 1 aliphatic rings. The van der Waals surface area contributed by atoms with Crippen molar-refractivity contribution in [1.82, 2.24) is 5.32 Å². The van der Waals surface area contributed by atoms with Gasteiger partial charge in [-0.3, -0.25) is 0 Å². The van der Waals surface area contributed by atoms with Crippen molar-refractivity contribution in [3.05, 3.63) is 10.1 Å². The number of nitrogens with one attached hydrogen (secondary N) is 1. The lowest BCUT2D eigenvalue weighted by Gasteiger charge is -2.15. The van der Waals surface area contributed by atoms with Gasteiger partial charge in [-0.2, -0.15) is 0 Å². The van der Waals surface area contributed by atoms with Gasteiger partial charge in [-0.05, 0) is 19.4 Å². The van der Waals surface area contributed by atoms with E-state index in [1.165, 1.54) is 17.3 Å². The van der Waals surface area contributed by atoms with Crippen LogP contribution in [0.25, 0.3) is 0 Å². The summed E-state index contributed by atoms with van der Waals surface area (Å²) in [6.45, 7) is 4.39. The predicted molar refractivity (Wildman–Crippen MR) is 43.7 cm³/mol. The van der Waals surface area contributed by atoms with Crippen LogP contribution in [0.4, 0.5) is 0 Å². The number of hydrogen-bond acceptors (Lipinski definition) is 1. The van der Waals surface area contributed by atoms with E-state index in [9.17, 15) is 0 Å². The topological polar surface area (TPSA) is 12.0 Å². The molecule has 2 heteroatoms. The Morgan fingerprint density at radius 2 is 2.44 bits per heavy atom. The monoisotopic (exact) mass is 189 g/mol. The van der Waals surface area contributed by atoms with Crippen molar-refractivity contribution in [3.8, 4) is 0 Å². The largest absolute Gasteiger partial charge is 0.312 e. The van der Waals surface area contributed by atoms with Gasteiger partial charge in [0.2, 0.25) is 0 Å². The van der Waals surface area contributed by atoms with Crippen LogP contribution in [0.1, 0.15) is 19.8 Å². The summed E-state index contributed by atoms with van der Waals surface area (Å²) in [5, 5.41) is 3.29. The van der Waals surface area contributed by atoms with E-state index in [1.54, 1.807) is 5.57 Å². The van der Waals surface area contributed by atoms with E-state index in [4.69, 9.17) is 0 Å².